The van der Waals surface area contributed by atoms with E-state index in [2.05, 4.69) is 4.74 Å². The average molecular weight is 350 g/mol. The molecule has 0 aliphatic heterocycles. The van der Waals surface area contributed by atoms with E-state index >= 15 is 0 Å². The summed E-state index contributed by atoms with van der Waals surface area (Å²) in [4.78, 5) is 0. The van der Waals surface area contributed by atoms with Crippen molar-refractivity contribution >= 4 is 11.0 Å². The molecule has 132 valence electrons. The lowest BCUT2D eigenvalue weighted by Crippen LogP contribution is -2.23. The number of furan rings is 1. The molecule has 0 saturated carbocycles. The number of ether oxygens (including phenoxy) is 2. The molecule has 6 heteroatoms. The van der Waals surface area contributed by atoms with E-state index in [1.54, 1.807) is 24.3 Å². The summed E-state index contributed by atoms with van der Waals surface area (Å²) in [5.41, 5.74) is 0.247. The molecule has 0 fully saturated rings. The maximum atomic E-state index is 12.8. The number of hydrogen-bond donors (Lipinski definition) is 0. The molecule has 2 aromatic carbocycles. The smallest absolute Gasteiger partial charge is 0.488 e. The van der Waals surface area contributed by atoms with Gasteiger partial charge in [0.2, 0.25) is 0 Å². The van der Waals surface area contributed by atoms with Gasteiger partial charge in [-0.15, -0.1) is 13.2 Å². The average Bonchev–Trinajstić information content (AvgIpc) is 2.87. The third-order valence-corrected chi connectivity index (χ3v) is 3.29. The number of alkyl halides is 3. The summed E-state index contributed by atoms with van der Waals surface area (Å²) < 4.78 is 53.9. The van der Waals surface area contributed by atoms with E-state index in [1.807, 2.05) is 32.9 Å². The van der Waals surface area contributed by atoms with Crippen molar-refractivity contribution in [1.82, 2.24) is 0 Å². The molecule has 0 radical (unpaired) electrons. The van der Waals surface area contributed by atoms with Gasteiger partial charge in [0, 0.05) is 11.5 Å². The van der Waals surface area contributed by atoms with Gasteiger partial charge >= 0.3 is 6.36 Å². The Kier molecular flexibility index (Phi) is 4.14. The maximum absolute atomic E-state index is 12.8. The zero-order valence-corrected chi connectivity index (χ0v) is 14.0. The Labute approximate surface area is 143 Å². The molecule has 1 heterocycles. The summed E-state index contributed by atoms with van der Waals surface area (Å²) in [5.74, 6) is 0.211. The zero-order valence-electron chi connectivity index (χ0n) is 14.0. The highest BCUT2D eigenvalue weighted by atomic mass is 19.4. The number of halogens is 3. The molecule has 1 aromatic heterocycles. The summed E-state index contributed by atoms with van der Waals surface area (Å²) in [5, 5.41) is 0.797. The Balaban J connectivity index is 2.07. The summed E-state index contributed by atoms with van der Waals surface area (Å²) in [6.07, 6.45) is -4.82. The monoisotopic (exact) mass is 350 g/mol. The van der Waals surface area contributed by atoms with Crippen molar-refractivity contribution < 1.29 is 27.1 Å². The first-order valence-corrected chi connectivity index (χ1v) is 7.68. The van der Waals surface area contributed by atoms with Crippen molar-refractivity contribution in [2.45, 2.75) is 32.7 Å². The molecule has 3 aromatic rings. The van der Waals surface area contributed by atoms with Gasteiger partial charge in [0.25, 0.3) is 0 Å². The molecule has 0 saturated heterocycles. The lowest BCUT2D eigenvalue weighted by Gasteiger charge is -2.22. The number of hydrogen-bond acceptors (Lipinski definition) is 3. The van der Waals surface area contributed by atoms with Gasteiger partial charge in [-0.25, -0.2) is 0 Å². The topological polar surface area (TPSA) is 31.6 Å². The molecule has 0 spiro atoms. The van der Waals surface area contributed by atoms with Crippen molar-refractivity contribution in [3.05, 3.63) is 48.5 Å². The van der Waals surface area contributed by atoms with Crippen LogP contribution in [0.2, 0.25) is 0 Å². The molecular formula is C19H17F3O3. The van der Waals surface area contributed by atoms with Crippen molar-refractivity contribution in [3.63, 3.8) is 0 Å². The molecule has 0 N–H and O–H groups in total. The van der Waals surface area contributed by atoms with E-state index in [0.29, 0.717) is 11.3 Å². The Morgan fingerprint density at radius 2 is 1.60 bits per heavy atom. The largest absolute Gasteiger partial charge is 0.573 e. The van der Waals surface area contributed by atoms with Crippen LogP contribution in [0.15, 0.2) is 52.9 Å². The Morgan fingerprint density at radius 1 is 0.880 bits per heavy atom. The first kappa shape index (κ1) is 17.2. The van der Waals surface area contributed by atoms with Gasteiger partial charge in [0.1, 0.15) is 28.4 Å². The number of rotatable bonds is 3. The fourth-order valence-corrected chi connectivity index (χ4v) is 2.45. The Bertz CT molecular complexity index is 856. The minimum Gasteiger partial charge on any atom is -0.488 e. The Morgan fingerprint density at radius 3 is 2.24 bits per heavy atom. The summed E-state index contributed by atoms with van der Waals surface area (Å²) >= 11 is 0. The standard InChI is InChI=1S/C19H17F3O3/c1-18(2,3)24-13-8-9-14(17(11-13)25-19(20,21)22)16-10-12-6-4-5-7-15(12)23-16/h4-11H,1-3H3. The van der Waals surface area contributed by atoms with Crippen molar-refractivity contribution in [3.8, 4) is 22.8 Å². The van der Waals surface area contributed by atoms with Crippen LogP contribution in [-0.2, 0) is 0 Å². The summed E-state index contributed by atoms with van der Waals surface area (Å²) in [7, 11) is 0. The lowest BCUT2D eigenvalue weighted by molar-refractivity contribution is -0.274. The van der Waals surface area contributed by atoms with Gasteiger partial charge in [0.15, 0.2) is 0 Å². The number of para-hydroxylation sites is 1. The third-order valence-electron chi connectivity index (χ3n) is 3.29. The molecular weight excluding hydrogens is 333 g/mol. The normalized spacial score (nSPS) is 12.4. The van der Waals surface area contributed by atoms with E-state index in [0.717, 1.165) is 5.39 Å². The van der Waals surface area contributed by atoms with Crippen LogP contribution in [0.4, 0.5) is 13.2 Å². The first-order chi connectivity index (χ1) is 11.6. The van der Waals surface area contributed by atoms with Crippen molar-refractivity contribution in [1.29, 1.82) is 0 Å². The molecule has 0 bridgehead atoms. The van der Waals surface area contributed by atoms with Crippen LogP contribution in [0.3, 0.4) is 0 Å². The van der Waals surface area contributed by atoms with E-state index < -0.39 is 12.0 Å². The third kappa shape index (κ3) is 4.26. The highest BCUT2D eigenvalue weighted by Crippen LogP contribution is 2.39. The minimum absolute atomic E-state index is 0.204. The van der Waals surface area contributed by atoms with Crippen LogP contribution < -0.4 is 9.47 Å². The summed E-state index contributed by atoms with van der Waals surface area (Å²) in [6.45, 7) is 5.43. The van der Waals surface area contributed by atoms with Crippen LogP contribution in [-0.4, -0.2) is 12.0 Å². The van der Waals surface area contributed by atoms with Gasteiger partial charge in [-0.2, -0.15) is 0 Å². The zero-order chi connectivity index (χ0) is 18.2. The van der Waals surface area contributed by atoms with Crippen LogP contribution in [0.1, 0.15) is 20.8 Å². The maximum Gasteiger partial charge on any atom is 0.573 e. The fourth-order valence-electron chi connectivity index (χ4n) is 2.45. The molecule has 3 nitrogen and oxygen atoms in total. The second-order valence-corrected chi connectivity index (χ2v) is 6.57. The molecule has 25 heavy (non-hydrogen) atoms. The van der Waals surface area contributed by atoms with Gasteiger partial charge in [0.05, 0.1) is 5.56 Å². The molecule has 3 rings (SSSR count). The predicted octanol–water partition coefficient (Wildman–Crippen LogP) is 6.18. The van der Waals surface area contributed by atoms with Gasteiger partial charge in [-0.1, -0.05) is 18.2 Å². The first-order valence-electron chi connectivity index (χ1n) is 7.68. The highest BCUT2D eigenvalue weighted by Gasteiger charge is 2.33. The molecule has 0 unspecified atom stereocenters. The second-order valence-electron chi connectivity index (χ2n) is 6.57. The summed E-state index contributed by atoms with van der Waals surface area (Å²) in [6, 6.07) is 13.2. The fraction of sp³-hybridized carbons (Fsp3) is 0.263. The van der Waals surface area contributed by atoms with E-state index in [-0.39, 0.29) is 17.1 Å². The van der Waals surface area contributed by atoms with Gasteiger partial charge in [-0.05, 0) is 45.0 Å². The number of benzene rings is 2. The SMILES string of the molecule is CC(C)(C)Oc1ccc(-c2cc3ccccc3o2)c(OC(F)(F)F)c1. The van der Waals surface area contributed by atoms with Crippen LogP contribution in [0, 0.1) is 0 Å². The van der Waals surface area contributed by atoms with Crippen LogP contribution in [0.25, 0.3) is 22.3 Å². The van der Waals surface area contributed by atoms with Crippen LogP contribution in [0.5, 0.6) is 11.5 Å². The minimum atomic E-state index is -4.82. The molecule has 0 amide bonds. The Hall–Kier alpha value is -2.63. The highest BCUT2D eigenvalue weighted by molar-refractivity contribution is 5.84. The van der Waals surface area contributed by atoms with Gasteiger partial charge < -0.3 is 13.9 Å². The molecule has 0 aliphatic rings. The van der Waals surface area contributed by atoms with E-state index in [9.17, 15) is 13.2 Å². The van der Waals surface area contributed by atoms with Crippen molar-refractivity contribution in [2.75, 3.05) is 0 Å². The predicted molar refractivity (Wildman–Crippen MR) is 88.7 cm³/mol. The number of fused-ring (bicyclic) bond motifs is 1. The quantitative estimate of drug-likeness (QED) is 0.565. The van der Waals surface area contributed by atoms with E-state index in [4.69, 9.17) is 9.15 Å². The molecule has 0 aliphatic carbocycles. The van der Waals surface area contributed by atoms with Crippen molar-refractivity contribution in [2.24, 2.45) is 0 Å². The second kappa shape index (κ2) is 6.02. The molecule has 0 atom stereocenters. The lowest BCUT2D eigenvalue weighted by atomic mass is 10.1. The van der Waals surface area contributed by atoms with E-state index in [1.165, 1.54) is 12.1 Å². The van der Waals surface area contributed by atoms with Crippen LogP contribution >= 0.6 is 0 Å². The van der Waals surface area contributed by atoms with Gasteiger partial charge in [-0.3, -0.25) is 0 Å².